The number of hydrogen-bond donors (Lipinski definition) is 1. The molecule has 0 bridgehead atoms. The topological polar surface area (TPSA) is 38.3 Å². The summed E-state index contributed by atoms with van der Waals surface area (Å²) in [6.45, 7) is 5.39. The summed E-state index contributed by atoms with van der Waals surface area (Å²) in [6.07, 6.45) is 1.94. The number of nitrogens with one attached hydrogen (secondary N) is 1. The second-order valence-electron chi connectivity index (χ2n) is 4.25. The monoisotopic (exact) mass is 253 g/mol. The van der Waals surface area contributed by atoms with Crippen molar-refractivity contribution in [2.75, 3.05) is 13.1 Å². The minimum absolute atomic E-state index is 0.0158. The fraction of sp³-hybridized carbons (Fsp3) is 0.500. The molecule has 0 aliphatic rings. The maximum atomic E-state index is 13.3. The number of carbonyl (C=O) groups is 1. The van der Waals surface area contributed by atoms with E-state index in [-0.39, 0.29) is 11.7 Å². The third kappa shape index (κ3) is 4.84. The molecule has 0 amide bonds. The Morgan fingerprint density at radius 2 is 2.17 bits per heavy atom. The van der Waals surface area contributed by atoms with Gasteiger partial charge in [-0.2, -0.15) is 0 Å². The van der Waals surface area contributed by atoms with Crippen molar-refractivity contribution >= 4 is 5.97 Å². The van der Waals surface area contributed by atoms with Crippen LogP contribution in [-0.4, -0.2) is 25.2 Å². The van der Waals surface area contributed by atoms with E-state index in [4.69, 9.17) is 4.74 Å². The van der Waals surface area contributed by atoms with Crippen LogP contribution in [0.25, 0.3) is 0 Å². The van der Waals surface area contributed by atoms with Crippen LogP contribution in [-0.2, 0) is 4.74 Å². The third-order valence-corrected chi connectivity index (χ3v) is 2.54. The number of unbranched alkanes of at least 4 members (excludes halogenated alkanes) is 1. The molecule has 1 atom stereocenters. The lowest BCUT2D eigenvalue weighted by atomic mass is 10.2. The van der Waals surface area contributed by atoms with Gasteiger partial charge in [-0.1, -0.05) is 25.5 Å². The first-order chi connectivity index (χ1) is 8.65. The summed E-state index contributed by atoms with van der Waals surface area (Å²) in [4.78, 5) is 11.7. The number of benzene rings is 1. The van der Waals surface area contributed by atoms with Crippen molar-refractivity contribution in [3.05, 3.63) is 35.6 Å². The highest BCUT2D eigenvalue weighted by atomic mass is 19.1. The van der Waals surface area contributed by atoms with E-state index in [1.165, 1.54) is 12.1 Å². The van der Waals surface area contributed by atoms with Gasteiger partial charge in [-0.05, 0) is 32.0 Å². The van der Waals surface area contributed by atoms with Gasteiger partial charge in [0, 0.05) is 6.54 Å². The number of esters is 1. The van der Waals surface area contributed by atoms with Gasteiger partial charge in [-0.3, -0.25) is 0 Å². The summed E-state index contributed by atoms with van der Waals surface area (Å²) in [5.74, 6) is -1.16. The molecule has 1 aromatic rings. The van der Waals surface area contributed by atoms with E-state index in [9.17, 15) is 9.18 Å². The Balaban J connectivity index is 2.38. The van der Waals surface area contributed by atoms with E-state index in [1.807, 2.05) is 0 Å². The van der Waals surface area contributed by atoms with E-state index >= 15 is 0 Å². The molecule has 1 N–H and O–H groups in total. The van der Waals surface area contributed by atoms with Crippen molar-refractivity contribution in [2.24, 2.45) is 0 Å². The Bertz CT molecular complexity index is 382. The van der Waals surface area contributed by atoms with Crippen LogP contribution in [0.1, 0.15) is 37.0 Å². The number of hydrogen-bond acceptors (Lipinski definition) is 3. The molecule has 1 aromatic carbocycles. The second-order valence-corrected chi connectivity index (χ2v) is 4.25. The summed E-state index contributed by atoms with van der Waals surface area (Å²) < 4.78 is 18.5. The van der Waals surface area contributed by atoms with Crippen molar-refractivity contribution < 1.29 is 13.9 Å². The number of rotatable bonds is 7. The summed E-state index contributed by atoms with van der Waals surface area (Å²) in [6, 6.07) is 5.83. The van der Waals surface area contributed by atoms with Gasteiger partial charge in [0.1, 0.15) is 11.9 Å². The fourth-order valence-electron chi connectivity index (χ4n) is 1.52. The molecule has 0 saturated carbocycles. The molecule has 0 saturated heterocycles. The molecule has 0 aliphatic carbocycles. The Morgan fingerprint density at radius 3 is 2.83 bits per heavy atom. The van der Waals surface area contributed by atoms with Gasteiger partial charge >= 0.3 is 5.97 Å². The summed E-state index contributed by atoms with van der Waals surface area (Å²) in [5.41, 5.74) is -0.0158. The molecule has 0 aromatic heterocycles. The van der Waals surface area contributed by atoms with Crippen molar-refractivity contribution in [3.8, 4) is 0 Å². The first kappa shape index (κ1) is 14.6. The van der Waals surface area contributed by atoms with Crippen LogP contribution >= 0.6 is 0 Å². The molecule has 0 spiro atoms. The Morgan fingerprint density at radius 1 is 1.44 bits per heavy atom. The van der Waals surface area contributed by atoms with Gasteiger partial charge in [-0.15, -0.1) is 0 Å². The lowest BCUT2D eigenvalue weighted by Crippen LogP contribution is -2.29. The van der Waals surface area contributed by atoms with E-state index in [2.05, 4.69) is 12.2 Å². The fourth-order valence-corrected chi connectivity index (χ4v) is 1.52. The Hall–Kier alpha value is -1.42. The number of carbonyl (C=O) groups excluding carboxylic acids is 1. The van der Waals surface area contributed by atoms with Crippen LogP contribution in [0.2, 0.25) is 0 Å². The van der Waals surface area contributed by atoms with Gasteiger partial charge in [-0.25, -0.2) is 9.18 Å². The average Bonchev–Trinajstić information content (AvgIpc) is 2.35. The van der Waals surface area contributed by atoms with Gasteiger partial charge < -0.3 is 10.1 Å². The molecule has 1 unspecified atom stereocenters. The van der Waals surface area contributed by atoms with Crippen molar-refractivity contribution in [1.29, 1.82) is 0 Å². The van der Waals surface area contributed by atoms with Gasteiger partial charge in [0.25, 0.3) is 0 Å². The molecule has 0 heterocycles. The molecule has 100 valence electrons. The molecular weight excluding hydrogens is 233 g/mol. The molecule has 3 nitrogen and oxygen atoms in total. The molecular formula is C14H20FNO2. The smallest absolute Gasteiger partial charge is 0.341 e. The zero-order valence-corrected chi connectivity index (χ0v) is 10.9. The van der Waals surface area contributed by atoms with Crippen LogP contribution in [0.4, 0.5) is 4.39 Å². The number of halogens is 1. The minimum Gasteiger partial charge on any atom is -0.458 e. The molecule has 0 radical (unpaired) electrons. The second kappa shape index (κ2) is 7.82. The average molecular weight is 253 g/mol. The van der Waals surface area contributed by atoms with E-state index in [1.54, 1.807) is 19.1 Å². The first-order valence-electron chi connectivity index (χ1n) is 6.31. The summed E-state index contributed by atoms with van der Waals surface area (Å²) in [7, 11) is 0. The van der Waals surface area contributed by atoms with Crippen LogP contribution in [0.3, 0.4) is 0 Å². The Labute approximate surface area is 107 Å². The first-order valence-corrected chi connectivity index (χ1v) is 6.31. The van der Waals surface area contributed by atoms with Gasteiger partial charge in [0.05, 0.1) is 5.56 Å². The van der Waals surface area contributed by atoms with E-state index in [0.29, 0.717) is 6.54 Å². The molecule has 0 fully saturated rings. The van der Waals surface area contributed by atoms with E-state index < -0.39 is 11.8 Å². The zero-order valence-electron chi connectivity index (χ0n) is 10.9. The van der Waals surface area contributed by atoms with Crippen molar-refractivity contribution in [3.63, 3.8) is 0 Å². The van der Waals surface area contributed by atoms with E-state index in [0.717, 1.165) is 19.4 Å². The van der Waals surface area contributed by atoms with Crippen molar-refractivity contribution in [1.82, 2.24) is 5.32 Å². The highest BCUT2D eigenvalue weighted by Gasteiger charge is 2.15. The Kier molecular flexibility index (Phi) is 6.36. The third-order valence-electron chi connectivity index (χ3n) is 2.54. The quantitative estimate of drug-likeness (QED) is 0.600. The molecule has 1 rings (SSSR count). The van der Waals surface area contributed by atoms with Crippen LogP contribution < -0.4 is 5.32 Å². The maximum absolute atomic E-state index is 13.3. The van der Waals surface area contributed by atoms with Crippen molar-refractivity contribution in [2.45, 2.75) is 32.8 Å². The standard InChI is InChI=1S/C14H20FNO2/c1-3-4-9-16-10-11(2)18-14(17)12-7-5-6-8-13(12)15/h5-8,11,16H,3-4,9-10H2,1-2H3. The minimum atomic E-state index is -0.613. The predicted octanol–water partition coefficient (Wildman–Crippen LogP) is 2.76. The lowest BCUT2D eigenvalue weighted by Gasteiger charge is -2.14. The molecule has 0 aliphatic heterocycles. The van der Waals surface area contributed by atoms with Gasteiger partial charge in [0.15, 0.2) is 0 Å². The molecule has 18 heavy (non-hydrogen) atoms. The SMILES string of the molecule is CCCCNCC(C)OC(=O)c1ccccc1F. The number of ether oxygens (including phenoxy) is 1. The predicted molar refractivity (Wildman–Crippen MR) is 69.1 cm³/mol. The van der Waals surface area contributed by atoms with Crippen LogP contribution in [0, 0.1) is 5.82 Å². The lowest BCUT2D eigenvalue weighted by molar-refractivity contribution is 0.0337. The highest BCUT2D eigenvalue weighted by molar-refractivity contribution is 5.89. The van der Waals surface area contributed by atoms with Crippen LogP contribution in [0.5, 0.6) is 0 Å². The normalized spacial score (nSPS) is 12.2. The summed E-state index contributed by atoms with van der Waals surface area (Å²) in [5, 5.41) is 3.19. The van der Waals surface area contributed by atoms with Crippen LogP contribution in [0.15, 0.2) is 24.3 Å². The largest absolute Gasteiger partial charge is 0.458 e. The molecule has 4 heteroatoms. The van der Waals surface area contributed by atoms with Gasteiger partial charge in [0.2, 0.25) is 0 Å². The highest BCUT2D eigenvalue weighted by Crippen LogP contribution is 2.09. The maximum Gasteiger partial charge on any atom is 0.341 e. The summed E-state index contributed by atoms with van der Waals surface area (Å²) >= 11 is 0. The zero-order chi connectivity index (χ0) is 13.4.